The Morgan fingerprint density at radius 1 is 0.581 bits per heavy atom. The van der Waals surface area contributed by atoms with E-state index in [0.717, 1.165) is 45.7 Å². The third-order valence-electron chi connectivity index (χ3n) is 6.89. The third kappa shape index (κ3) is 6.37. The van der Waals surface area contributed by atoms with Crippen LogP contribution in [0.25, 0.3) is 0 Å². The smallest absolute Gasteiger partial charge is 0.104 e. The number of epoxide rings is 4. The molecule has 0 radical (unpaired) electrons. The van der Waals surface area contributed by atoms with Gasteiger partial charge in [0, 0.05) is 10.8 Å². The summed E-state index contributed by atoms with van der Waals surface area (Å²) in [5, 5.41) is 11.8. The van der Waals surface area contributed by atoms with Gasteiger partial charge in [0.2, 0.25) is 0 Å². The monoisotopic (exact) mass is 444 g/mol. The summed E-state index contributed by atoms with van der Waals surface area (Å²) in [5.41, 5.74) is -1.03. The van der Waals surface area contributed by atoms with Crippen molar-refractivity contribution in [1.82, 2.24) is 0 Å². The SMILES string of the molecule is OC1C(COCC2CO2)(COCC2CO2)CCCC1(COCC1CO1)COCC1CO1. The Balaban J connectivity index is 1.25. The van der Waals surface area contributed by atoms with Crippen LogP contribution in [0.3, 0.4) is 0 Å². The molecule has 1 aliphatic carbocycles. The lowest BCUT2D eigenvalue weighted by Gasteiger charge is -2.51. The molecule has 0 aromatic rings. The van der Waals surface area contributed by atoms with E-state index in [0.29, 0.717) is 52.9 Å². The number of hydrogen-bond acceptors (Lipinski definition) is 9. The van der Waals surface area contributed by atoms with Gasteiger partial charge in [-0.15, -0.1) is 0 Å². The van der Waals surface area contributed by atoms with Crippen molar-refractivity contribution in [2.24, 2.45) is 10.8 Å². The van der Waals surface area contributed by atoms with Crippen LogP contribution >= 0.6 is 0 Å². The van der Waals surface area contributed by atoms with Crippen molar-refractivity contribution < 1.29 is 43.0 Å². The van der Waals surface area contributed by atoms with Crippen LogP contribution in [0, 0.1) is 10.8 Å². The van der Waals surface area contributed by atoms with Gasteiger partial charge in [-0.05, 0) is 12.8 Å². The average Bonchev–Trinajstić information content (AvgIpc) is 3.59. The predicted octanol–water partition coefficient (Wildman–Crippen LogP) is 0.166. The van der Waals surface area contributed by atoms with Crippen molar-refractivity contribution in [3.63, 3.8) is 0 Å². The number of ether oxygens (including phenoxy) is 8. The largest absolute Gasteiger partial charge is 0.392 e. The Morgan fingerprint density at radius 3 is 1.13 bits per heavy atom. The highest BCUT2D eigenvalue weighted by Gasteiger charge is 2.54. The van der Waals surface area contributed by atoms with Crippen molar-refractivity contribution in [3.05, 3.63) is 0 Å². The zero-order valence-electron chi connectivity index (χ0n) is 18.2. The first-order chi connectivity index (χ1) is 15.2. The molecule has 31 heavy (non-hydrogen) atoms. The van der Waals surface area contributed by atoms with E-state index < -0.39 is 16.9 Å². The molecule has 5 aliphatic rings. The van der Waals surface area contributed by atoms with Crippen molar-refractivity contribution in [2.75, 3.05) is 79.3 Å². The number of aliphatic hydroxyl groups is 1. The summed E-state index contributed by atoms with van der Waals surface area (Å²) in [4.78, 5) is 0. The highest BCUT2D eigenvalue weighted by molar-refractivity contribution is 5.03. The van der Waals surface area contributed by atoms with Gasteiger partial charge in [0.25, 0.3) is 0 Å². The molecule has 5 fully saturated rings. The Hall–Kier alpha value is -0.360. The highest BCUT2D eigenvalue weighted by Crippen LogP contribution is 2.48. The van der Waals surface area contributed by atoms with Crippen molar-refractivity contribution >= 4 is 0 Å². The molecule has 4 unspecified atom stereocenters. The maximum absolute atomic E-state index is 11.8. The molecule has 4 saturated heterocycles. The molecule has 9 heteroatoms. The Bertz CT molecular complexity index is 487. The number of aliphatic hydroxyl groups excluding tert-OH is 1. The molecule has 9 nitrogen and oxygen atoms in total. The van der Waals surface area contributed by atoms with Gasteiger partial charge < -0.3 is 43.0 Å². The van der Waals surface area contributed by atoms with E-state index in [2.05, 4.69) is 0 Å². The van der Waals surface area contributed by atoms with Gasteiger partial charge in [-0.1, -0.05) is 6.42 Å². The van der Waals surface area contributed by atoms with Gasteiger partial charge in [0.1, 0.15) is 24.4 Å². The second-order valence-electron chi connectivity index (χ2n) is 9.86. The van der Waals surface area contributed by atoms with Gasteiger partial charge in [0.15, 0.2) is 0 Å². The molecule has 0 aromatic carbocycles. The van der Waals surface area contributed by atoms with Crippen molar-refractivity contribution in [3.8, 4) is 0 Å². The normalized spacial score (nSPS) is 43.1. The summed E-state index contributed by atoms with van der Waals surface area (Å²) in [6.45, 7) is 6.95. The van der Waals surface area contributed by atoms with Crippen LogP contribution in [-0.4, -0.2) is 115 Å². The quantitative estimate of drug-likeness (QED) is 0.333. The van der Waals surface area contributed by atoms with Crippen LogP contribution in [0.4, 0.5) is 0 Å². The van der Waals surface area contributed by atoms with E-state index in [1.807, 2.05) is 0 Å². The molecule has 0 bridgehead atoms. The van der Waals surface area contributed by atoms with Gasteiger partial charge in [0.05, 0.1) is 85.4 Å². The number of hydrogen-bond donors (Lipinski definition) is 1. The van der Waals surface area contributed by atoms with E-state index in [9.17, 15) is 5.11 Å². The summed E-state index contributed by atoms with van der Waals surface area (Å²) in [7, 11) is 0. The Labute approximate surface area is 183 Å². The number of rotatable bonds is 16. The molecule has 1 N–H and O–H groups in total. The van der Waals surface area contributed by atoms with Gasteiger partial charge in [-0.2, -0.15) is 0 Å². The molecule has 0 spiro atoms. The zero-order valence-corrected chi connectivity index (χ0v) is 18.2. The van der Waals surface area contributed by atoms with Crippen molar-refractivity contribution in [2.45, 2.75) is 49.8 Å². The molecule has 4 aliphatic heterocycles. The summed E-state index contributed by atoms with van der Waals surface area (Å²) < 4.78 is 45.2. The summed E-state index contributed by atoms with van der Waals surface area (Å²) in [6, 6.07) is 0. The fourth-order valence-electron chi connectivity index (χ4n) is 4.63. The molecule has 5 rings (SSSR count). The lowest BCUT2D eigenvalue weighted by atomic mass is 9.60. The highest BCUT2D eigenvalue weighted by atomic mass is 16.6. The molecular formula is C22H36O9. The average molecular weight is 445 g/mol. The molecule has 0 amide bonds. The molecule has 178 valence electrons. The first-order valence-corrected chi connectivity index (χ1v) is 11.6. The fourth-order valence-corrected chi connectivity index (χ4v) is 4.63. The summed E-state index contributed by atoms with van der Waals surface area (Å²) in [6.07, 6.45) is 2.71. The maximum Gasteiger partial charge on any atom is 0.104 e. The van der Waals surface area contributed by atoms with Crippen LogP contribution in [0.5, 0.6) is 0 Å². The van der Waals surface area contributed by atoms with E-state index in [1.165, 1.54) is 0 Å². The van der Waals surface area contributed by atoms with Gasteiger partial charge in [-0.3, -0.25) is 0 Å². The van der Waals surface area contributed by atoms with Crippen molar-refractivity contribution in [1.29, 1.82) is 0 Å². The standard InChI is InChI=1S/C22H36O9/c23-20-21(12-24-4-16-8-28-16,13-25-5-17-9-29-17)2-1-3-22(20,14-26-6-18-10-30-18)15-27-7-19-11-31-19/h16-20,23H,1-15H2. The van der Waals surface area contributed by atoms with Crippen LogP contribution in [-0.2, 0) is 37.9 Å². The summed E-state index contributed by atoms with van der Waals surface area (Å²) >= 11 is 0. The fraction of sp³-hybridized carbons (Fsp3) is 1.00. The van der Waals surface area contributed by atoms with E-state index in [4.69, 9.17) is 37.9 Å². The second-order valence-corrected chi connectivity index (χ2v) is 9.86. The molecule has 4 atom stereocenters. The molecule has 0 aromatic heterocycles. The third-order valence-corrected chi connectivity index (χ3v) is 6.89. The summed E-state index contributed by atoms with van der Waals surface area (Å²) in [5.74, 6) is 0. The van der Waals surface area contributed by atoms with Crippen LogP contribution < -0.4 is 0 Å². The Morgan fingerprint density at radius 2 is 0.871 bits per heavy atom. The lowest BCUT2D eigenvalue weighted by Crippen LogP contribution is -2.59. The van der Waals surface area contributed by atoms with Gasteiger partial charge in [-0.25, -0.2) is 0 Å². The first-order valence-electron chi connectivity index (χ1n) is 11.6. The minimum atomic E-state index is -0.672. The van der Waals surface area contributed by atoms with E-state index in [1.54, 1.807) is 0 Å². The van der Waals surface area contributed by atoms with E-state index >= 15 is 0 Å². The maximum atomic E-state index is 11.8. The molecule has 1 saturated carbocycles. The second kappa shape index (κ2) is 9.87. The molecule has 4 heterocycles. The Kier molecular flexibility index (Phi) is 7.14. The first kappa shape index (κ1) is 22.4. The molecular weight excluding hydrogens is 408 g/mol. The topological polar surface area (TPSA) is 107 Å². The minimum Gasteiger partial charge on any atom is -0.392 e. The van der Waals surface area contributed by atoms with E-state index in [-0.39, 0.29) is 24.4 Å². The predicted molar refractivity (Wildman–Crippen MR) is 107 cm³/mol. The van der Waals surface area contributed by atoms with Crippen LogP contribution in [0.2, 0.25) is 0 Å². The lowest BCUT2D eigenvalue weighted by molar-refractivity contribution is -0.198. The zero-order chi connectivity index (χ0) is 21.2. The van der Waals surface area contributed by atoms with Gasteiger partial charge >= 0.3 is 0 Å². The minimum absolute atomic E-state index is 0.187. The van der Waals surface area contributed by atoms with Crippen LogP contribution in [0.15, 0.2) is 0 Å². The van der Waals surface area contributed by atoms with Crippen LogP contribution in [0.1, 0.15) is 19.3 Å².